The molecule has 0 aliphatic carbocycles. The predicted octanol–water partition coefficient (Wildman–Crippen LogP) is 3.06. The van der Waals surface area contributed by atoms with Crippen LogP contribution in [0.2, 0.25) is 0 Å². The molecular weight excluding hydrogens is 385 g/mol. The molecule has 2 aromatic carbocycles. The number of allylic oxidation sites excluding steroid dienone is 1. The molecule has 2 aromatic rings. The number of carbonyl (C=O) groups is 2. The lowest BCUT2D eigenvalue weighted by Crippen LogP contribution is -2.73. The van der Waals surface area contributed by atoms with Crippen LogP contribution in [0.15, 0.2) is 54.6 Å². The van der Waals surface area contributed by atoms with E-state index in [0.29, 0.717) is 6.54 Å². The lowest BCUT2D eigenvalue weighted by molar-refractivity contribution is -0.159. The summed E-state index contributed by atoms with van der Waals surface area (Å²) in [5, 5.41) is 12.4. The summed E-state index contributed by atoms with van der Waals surface area (Å²) in [6, 6.07) is 12.9. The Balaban J connectivity index is 1.52. The number of nitrogens with zero attached hydrogens (tertiary/aromatic N) is 2. The van der Waals surface area contributed by atoms with Crippen molar-refractivity contribution in [1.82, 2.24) is 9.80 Å². The van der Waals surface area contributed by atoms with E-state index in [1.165, 1.54) is 17.0 Å². The molecule has 2 fully saturated rings. The van der Waals surface area contributed by atoms with Gasteiger partial charge in [-0.25, -0.2) is 9.18 Å². The number of anilines is 1. The zero-order valence-electron chi connectivity index (χ0n) is 16.7. The Labute approximate surface area is 174 Å². The van der Waals surface area contributed by atoms with Crippen molar-refractivity contribution in [1.29, 1.82) is 0 Å². The second kappa shape index (κ2) is 8.28. The van der Waals surface area contributed by atoms with Crippen molar-refractivity contribution in [3.05, 3.63) is 71.6 Å². The van der Waals surface area contributed by atoms with Crippen molar-refractivity contribution in [2.75, 3.05) is 25.0 Å². The predicted molar refractivity (Wildman–Crippen MR) is 112 cm³/mol. The summed E-state index contributed by atoms with van der Waals surface area (Å²) in [5.74, 6) is -0.808. The number of para-hydroxylation sites is 1. The topological polar surface area (TPSA) is 72.9 Å². The lowest BCUT2D eigenvalue weighted by atomic mass is 9.73. The van der Waals surface area contributed by atoms with Crippen LogP contribution in [0.5, 0.6) is 0 Å². The van der Waals surface area contributed by atoms with Crippen molar-refractivity contribution >= 4 is 23.7 Å². The molecule has 0 saturated carbocycles. The fraction of sp³-hybridized carbons (Fsp3) is 0.304. The van der Waals surface area contributed by atoms with Gasteiger partial charge in [0.15, 0.2) is 0 Å². The number of piperazine rings is 1. The van der Waals surface area contributed by atoms with Gasteiger partial charge in [0.2, 0.25) is 5.91 Å². The van der Waals surface area contributed by atoms with Gasteiger partial charge < -0.3 is 20.2 Å². The number of aliphatic hydroxyl groups excluding tert-OH is 1. The summed E-state index contributed by atoms with van der Waals surface area (Å²) in [6.45, 7) is 2.04. The minimum Gasteiger partial charge on any atom is -0.394 e. The first-order valence-corrected chi connectivity index (χ1v) is 9.98. The van der Waals surface area contributed by atoms with Crippen molar-refractivity contribution in [3.63, 3.8) is 0 Å². The minimum absolute atomic E-state index is 0.0670. The fourth-order valence-electron chi connectivity index (χ4n) is 4.43. The Morgan fingerprint density at radius 2 is 1.97 bits per heavy atom. The number of benzene rings is 2. The molecule has 4 rings (SSSR count). The number of fused-ring (bicyclic) bond motifs is 1. The SMILES string of the molecule is C/C=C/c1ccc([C@@H]2[C@@H](CO)N3C(=O)CN(C(=O)Nc4ccccc4F)C[C@@H]23)cc1. The van der Waals surface area contributed by atoms with E-state index in [9.17, 15) is 19.1 Å². The van der Waals surface area contributed by atoms with Gasteiger partial charge >= 0.3 is 6.03 Å². The van der Waals surface area contributed by atoms with E-state index in [1.54, 1.807) is 17.0 Å². The highest BCUT2D eigenvalue weighted by molar-refractivity contribution is 5.94. The van der Waals surface area contributed by atoms with Crippen molar-refractivity contribution in [2.45, 2.75) is 24.9 Å². The number of carbonyl (C=O) groups excluding carboxylic acids is 2. The van der Waals surface area contributed by atoms with Crippen molar-refractivity contribution in [2.24, 2.45) is 0 Å². The van der Waals surface area contributed by atoms with E-state index in [-0.39, 0.29) is 42.7 Å². The van der Waals surface area contributed by atoms with Crippen LogP contribution in [0.4, 0.5) is 14.9 Å². The highest BCUT2D eigenvalue weighted by Crippen LogP contribution is 2.43. The molecule has 2 saturated heterocycles. The maximum absolute atomic E-state index is 13.9. The second-order valence-corrected chi connectivity index (χ2v) is 7.60. The Morgan fingerprint density at radius 1 is 1.23 bits per heavy atom. The van der Waals surface area contributed by atoms with Crippen molar-refractivity contribution in [3.8, 4) is 0 Å². The number of urea groups is 1. The average molecular weight is 409 g/mol. The molecule has 6 nitrogen and oxygen atoms in total. The summed E-state index contributed by atoms with van der Waals surface area (Å²) in [7, 11) is 0. The second-order valence-electron chi connectivity index (χ2n) is 7.60. The molecule has 30 heavy (non-hydrogen) atoms. The summed E-state index contributed by atoms with van der Waals surface area (Å²) < 4.78 is 13.9. The van der Waals surface area contributed by atoms with Crippen LogP contribution >= 0.6 is 0 Å². The van der Waals surface area contributed by atoms with E-state index in [0.717, 1.165) is 11.1 Å². The molecule has 0 aromatic heterocycles. The summed E-state index contributed by atoms with van der Waals surface area (Å²) in [6.07, 6.45) is 3.96. The first-order chi connectivity index (χ1) is 14.5. The molecule has 156 valence electrons. The smallest absolute Gasteiger partial charge is 0.322 e. The average Bonchev–Trinajstić information content (AvgIpc) is 2.72. The van der Waals surface area contributed by atoms with Crippen LogP contribution in [0.25, 0.3) is 6.08 Å². The Bertz CT molecular complexity index is 976. The molecule has 2 heterocycles. The molecule has 7 heteroatoms. The number of nitrogens with one attached hydrogen (secondary N) is 1. The maximum atomic E-state index is 13.9. The van der Waals surface area contributed by atoms with E-state index in [4.69, 9.17) is 0 Å². The number of halogens is 1. The number of hydrogen-bond donors (Lipinski definition) is 2. The number of hydrogen-bond acceptors (Lipinski definition) is 3. The quantitative estimate of drug-likeness (QED) is 0.815. The molecule has 0 unspecified atom stereocenters. The zero-order valence-corrected chi connectivity index (χ0v) is 16.7. The van der Waals surface area contributed by atoms with Crippen LogP contribution < -0.4 is 5.32 Å². The van der Waals surface area contributed by atoms with Gasteiger partial charge in [-0.2, -0.15) is 0 Å². The fourth-order valence-corrected chi connectivity index (χ4v) is 4.43. The molecule has 2 aliphatic heterocycles. The molecule has 2 aliphatic rings. The van der Waals surface area contributed by atoms with Gasteiger partial charge in [0.25, 0.3) is 0 Å². The lowest BCUT2D eigenvalue weighted by Gasteiger charge is -2.58. The summed E-state index contributed by atoms with van der Waals surface area (Å²) >= 11 is 0. The molecule has 0 spiro atoms. The highest BCUT2D eigenvalue weighted by Gasteiger charge is 2.54. The molecule has 2 N–H and O–H groups in total. The van der Waals surface area contributed by atoms with Gasteiger partial charge in [-0.3, -0.25) is 4.79 Å². The van der Waals surface area contributed by atoms with E-state index in [1.807, 2.05) is 43.3 Å². The highest BCUT2D eigenvalue weighted by atomic mass is 19.1. The number of amides is 3. The third kappa shape index (κ3) is 3.57. The Hall–Kier alpha value is -3.19. The summed E-state index contributed by atoms with van der Waals surface area (Å²) in [5.41, 5.74) is 2.17. The van der Waals surface area contributed by atoms with Gasteiger partial charge in [-0.15, -0.1) is 0 Å². The first kappa shape index (κ1) is 20.1. The van der Waals surface area contributed by atoms with E-state index >= 15 is 0 Å². The Kier molecular flexibility index (Phi) is 5.55. The number of rotatable bonds is 4. The first-order valence-electron chi connectivity index (χ1n) is 9.98. The normalized spacial score (nSPS) is 23.3. The monoisotopic (exact) mass is 409 g/mol. The Morgan fingerprint density at radius 3 is 2.63 bits per heavy atom. The molecule has 3 amide bonds. The van der Waals surface area contributed by atoms with Crippen LogP contribution in [0.3, 0.4) is 0 Å². The third-order valence-electron chi connectivity index (χ3n) is 5.84. The zero-order chi connectivity index (χ0) is 21.3. The van der Waals surface area contributed by atoms with E-state index < -0.39 is 11.8 Å². The molecule has 0 radical (unpaired) electrons. The van der Waals surface area contributed by atoms with E-state index in [2.05, 4.69) is 5.32 Å². The van der Waals surface area contributed by atoms with Gasteiger partial charge in [-0.1, -0.05) is 48.6 Å². The molecular formula is C23H24FN3O3. The van der Waals surface area contributed by atoms with Crippen LogP contribution in [0.1, 0.15) is 24.0 Å². The standard InChI is InChI=1S/C23H24FN3O3/c1-2-5-15-8-10-16(11-9-15)22-19-12-26(13-21(29)27(19)20(22)14-28)23(30)25-18-7-4-3-6-17(18)24/h2-11,19-20,22,28H,12-14H2,1H3,(H,25,30)/b5-2+/t19-,20+,22-/m0/s1. The third-order valence-corrected chi connectivity index (χ3v) is 5.84. The maximum Gasteiger partial charge on any atom is 0.322 e. The van der Waals surface area contributed by atoms with Gasteiger partial charge in [-0.05, 0) is 30.2 Å². The number of aliphatic hydroxyl groups is 1. The van der Waals surface area contributed by atoms with Crippen LogP contribution in [-0.4, -0.2) is 58.6 Å². The molecule has 0 bridgehead atoms. The van der Waals surface area contributed by atoms with Gasteiger partial charge in [0, 0.05) is 12.5 Å². The minimum atomic E-state index is -0.529. The largest absolute Gasteiger partial charge is 0.394 e. The molecule has 3 atom stereocenters. The van der Waals surface area contributed by atoms with Crippen LogP contribution in [-0.2, 0) is 4.79 Å². The van der Waals surface area contributed by atoms with Crippen molar-refractivity contribution < 1.29 is 19.1 Å². The van der Waals surface area contributed by atoms with Gasteiger partial charge in [0.05, 0.1) is 24.4 Å². The summed E-state index contributed by atoms with van der Waals surface area (Å²) in [4.78, 5) is 28.4. The van der Waals surface area contributed by atoms with Gasteiger partial charge in [0.1, 0.15) is 12.4 Å². The van der Waals surface area contributed by atoms with Crippen LogP contribution in [0, 0.1) is 5.82 Å².